The first-order chi connectivity index (χ1) is 18.1. The van der Waals surface area contributed by atoms with Crippen LogP contribution in [0.25, 0.3) is 27.8 Å². The summed E-state index contributed by atoms with van der Waals surface area (Å²) >= 11 is 0. The summed E-state index contributed by atoms with van der Waals surface area (Å²) in [6, 6.07) is 13.0. The molecule has 10 heteroatoms. The van der Waals surface area contributed by atoms with Crippen LogP contribution in [-0.4, -0.2) is 48.8 Å². The van der Waals surface area contributed by atoms with Gasteiger partial charge in [-0.05, 0) is 37.6 Å². The van der Waals surface area contributed by atoms with Crippen LogP contribution in [0.1, 0.15) is 37.2 Å². The third-order valence-corrected chi connectivity index (χ3v) is 6.64. The van der Waals surface area contributed by atoms with Gasteiger partial charge in [0.05, 0.1) is 42.2 Å². The average Bonchev–Trinajstić information content (AvgIpc) is 3.39. The summed E-state index contributed by atoms with van der Waals surface area (Å²) in [5, 5.41) is 3.98. The third kappa shape index (κ3) is 4.40. The molecule has 1 saturated heterocycles. The normalized spacial score (nSPS) is 15.2. The van der Waals surface area contributed by atoms with Crippen LogP contribution in [0.3, 0.4) is 0 Å². The number of nitrogens with one attached hydrogen (secondary N) is 2. The summed E-state index contributed by atoms with van der Waals surface area (Å²) in [5.74, 6) is 1.84. The molecule has 3 aromatic heterocycles. The number of hydrogen-bond acceptors (Lipinski definition) is 8. The molecule has 1 atom stereocenters. The Hall–Kier alpha value is -4.31. The van der Waals surface area contributed by atoms with Gasteiger partial charge in [0.25, 0.3) is 5.56 Å². The van der Waals surface area contributed by atoms with E-state index in [0.29, 0.717) is 58.4 Å². The number of rotatable bonds is 6. The molecule has 10 nitrogen and oxygen atoms in total. The minimum absolute atomic E-state index is 0.0901. The van der Waals surface area contributed by atoms with Crippen LogP contribution >= 0.6 is 0 Å². The number of imidazole rings is 1. The van der Waals surface area contributed by atoms with Crippen LogP contribution in [0.15, 0.2) is 59.9 Å². The van der Waals surface area contributed by atoms with Gasteiger partial charge in [0.15, 0.2) is 11.5 Å². The van der Waals surface area contributed by atoms with Gasteiger partial charge in [0.1, 0.15) is 29.5 Å². The second-order valence-corrected chi connectivity index (χ2v) is 9.20. The van der Waals surface area contributed by atoms with Gasteiger partial charge in [-0.15, -0.1) is 0 Å². The molecule has 37 heavy (non-hydrogen) atoms. The highest BCUT2D eigenvalue weighted by Crippen LogP contribution is 2.26. The molecule has 1 unspecified atom stereocenters. The number of nitrogens with zero attached hydrogens (tertiary/aromatic N) is 5. The molecule has 0 radical (unpaired) electrons. The first kappa shape index (κ1) is 23.1. The molecule has 1 aliphatic rings. The zero-order valence-electron chi connectivity index (χ0n) is 20.6. The van der Waals surface area contributed by atoms with Gasteiger partial charge in [-0.25, -0.2) is 19.9 Å². The molecule has 4 heterocycles. The minimum atomic E-state index is -0.376. The molecule has 188 valence electrons. The molecular weight excluding hydrogens is 470 g/mol. The topological polar surface area (TPSA) is 120 Å². The summed E-state index contributed by atoms with van der Waals surface area (Å²) in [5.41, 5.74) is 3.32. The van der Waals surface area contributed by atoms with E-state index in [-0.39, 0.29) is 17.7 Å². The highest BCUT2D eigenvalue weighted by atomic mass is 16.5. The average molecular weight is 498 g/mol. The van der Waals surface area contributed by atoms with Crippen molar-refractivity contribution in [3.63, 3.8) is 0 Å². The number of anilines is 1. The van der Waals surface area contributed by atoms with Crippen LogP contribution < -0.4 is 15.6 Å². The molecule has 1 fully saturated rings. The first-order valence-electron chi connectivity index (χ1n) is 12.4. The van der Waals surface area contributed by atoms with Crippen LogP contribution in [0.5, 0.6) is 5.75 Å². The van der Waals surface area contributed by atoms with Crippen molar-refractivity contribution in [2.75, 3.05) is 18.5 Å². The Morgan fingerprint density at radius 3 is 2.84 bits per heavy atom. The number of aryl methyl sites for hydroxylation is 1. The number of aromatic nitrogens is 6. The fourth-order valence-electron chi connectivity index (χ4n) is 4.78. The van der Waals surface area contributed by atoms with Crippen LogP contribution in [0.2, 0.25) is 0 Å². The van der Waals surface area contributed by atoms with E-state index in [1.165, 1.54) is 6.33 Å². The molecule has 0 aliphatic carbocycles. The van der Waals surface area contributed by atoms with Gasteiger partial charge in [0, 0.05) is 18.9 Å². The van der Waals surface area contributed by atoms with Gasteiger partial charge in [-0.2, -0.15) is 0 Å². The van der Waals surface area contributed by atoms with E-state index in [1.54, 1.807) is 10.9 Å². The number of fused-ring (bicyclic) bond motifs is 2. The van der Waals surface area contributed by atoms with Gasteiger partial charge >= 0.3 is 0 Å². The summed E-state index contributed by atoms with van der Waals surface area (Å²) in [6.07, 6.45) is 4.81. The summed E-state index contributed by atoms with van der Waals surface area (Å²) < 4.78 is 13.4. The maximum atomic E-state index is 14.0. The Kier molecular flexibility index (Phi) is 6.01. The number of ether oxygens (including phenoxy) is 2. The van der Waals surface area contributed by atoms with E-state index >= 15 is 0 Å². The van der Waals surface area contributed by atoms with Gasteiger partial charge < -0.3 is 19.8 Å². The lowest BCUT2D eigenvalue weighted by Crippen LogP contribution is -2.28. The molecule has 1 aliphatic heterocycles. The SMILES string of the molecule is Cc1cccc2nc(C(C)Nc3ncnc4nc[nH]c34)n(-c3cccc(OC4CCOCC4)c3)c(=O)c12. The number of H-pyrrole nitrogens is 1. The Labute approximate surface area is 212 Å². The Bertz CT molecular complexity index is 1640. The standard InChI is InChI=1S/C27H27N7O3/c1-16-5-3-8-21-22(16)27(35)34(18-6-4-7-20(13-18)37-19-9-11-36-12-10-19)26(33-21)17(2)32-25-23-24(29-14-28-23)30-15-31-25/h3-8,13-15,17,19H,9-12H2,1-2H3,(H2,28,29,30,31,32). The fourth-order valence-corrected chi connectivity index (χ4v) is 4.78. The lowest BCUT2D eigenvalue weighted by atomic mass is 10.1. The highest BCUT2D eigenvalue weighted by molar-refractivity contribution is 5.83. The molecule has 0 saturated carbocycles. The summed E-state index contributed by atoms with van der Waals surface area (Å²) in [7, 11) is 0. The predicted octanol–water partition coefficient (Wildman–Crippen LogP) is 4.09. The summed E-state index contributed by atoms with van der Waals surface area (Å²) in [4.78, 5) is 34.8. The van der Waals surface area contributed by atoms with Crippen molar-refractivity contribution < 1.29 is 9.47 Å². The Morgan fingerprint density at radius 1 is 1.14 bits per heavy atom. The Balaban J connectivity index is 1.46. The van der Waals surface area contributed by atoms with Crippen LogP contribution in [0, 0.1) is 6.92 Å². The van der Waals surface area contributed by atoms with E-state index < -0.39 is 0 Å². The Morgan fingerprint density at radius 2 is 1.97 bits per heavy atom. The maximum Gasteiger partial charge on any atom is 0.266 e. The zero-order chi connectivity index (χ0) is 25.4. The molecule has 0 bridgehead atoms. The fraction of sp³-hybridized carbons (Fsp3) is 0.296. The molecule has 2 aromatic carbocycles. The highest BCUT2D eigenvalue weighted by Gasteiger charge is 2.21. The van der Waals surface area contributed by atoms with Crippen LogP contribution in [0.4, 0.5) is 5.82 Å². The number of benzene rings is 2. The number of aromatic amines is 1. The molecule has 5 aromatic rings. The molecular formula is C27H27N7O3. The monoisotopic (exact) mass is 497 g/mol. The summed E-state index contributed by atoms with van der Waals surface area (Å²) in [6.45, 7) is 5.26. The molecule has 0 amide bonds. The van der Waals surface area contributed by atoms with Crippen molar-refractivity contribution >= 4 is 27.9 Å². The third-order valence-electron chi connectivity index (χ3n) is 6.64. The largest absolute Gasteiger partial charge is 0.490 e. The van der Waals surface area contributed by atoms with Crippen molar-refractivity contribution in [3.8, 4) is 11.4 Å². The second-order valence-electron chi connectivity index (χ2n) is 9.20. The van der Waals surface area contributed by atoms with E-state index in [2.05, 4.69) is 25.3 Å². The first-order valence-corrected chi connectivity index (χ1v) is 12.4. The van der Waals surface area contributed by atoms with Crippen molar-refractivity contribution in [1.29, 1.82) is 0 Å². The molecule has 2 N–H and O–H groups in total. The second kappa shape index (κ2) is 9.62. The zero-order valence-corrected chi connectivity index (χ0v) is 20.6. The van der Waals surface area contributed by atoms with E-state index in [9.17, 15) is 4.79 Å². The lowest BCUT2D eigenvalue weighted by molar-refractivity contribution is 0.0256. The quantitative estimate of drug-likeness (QED) is 0.360. The van der Waals surface area contributed by atoms with Gasteiger partial charge in [0.2, 0.25) is 0 Å². The lowest BCUT2D eigenvalue weighted by Gasteiger charge is -2.24. The van der Waals surface area contributed by atoms with Crippen molar-refractivity contribution in [2.24, 2.45) is 0 Å². The van der Waals surface area contributed by atoms with Crippen LogP contribution in [-0.2, 0) is 4.74 Å². The number of hydrogen-bond donors (Lipinski definition) is 2. The van der Waals surface area contributed by atoms with E-state index in [4.69, 9.17) is 14.5 Å². The van der Waals surface area contributed by atoms with Gasteiger partial charge in [-0.1, -0.05) is 18.2 Å². The van der Waals surface area contributed by atoms with Crippen molar-refractivity contribution in [2.45, 2.75) is 38.8 Å². The smallest absolute Gasteiger partial charge is 0.266 e. The molecule has 6 rings (SSSR count). The van der Waals surface area contributed by atoms with Gasteiger partial charge in [-0.3, -0.25) is 9.36 Å². The minimum Gasteiger partial charge on any atom is -0.490 e. The van der Waals surface area contributed by atoms with Crippen molar-refractivity contribution in [3.05, 3.63) is 76.9 Å². The van der Waals surface area contributed by atoms with E-state index in [1.807, 2.05) is 56.3 Å². The molecule has 0 spiro atoms. The predicted molar refractivity (Wildman–Crippen MR) is 140 cm³/mol. The van der Waals surface area contributed by atoms with E-state index in [0.717, 1.165) is 18.4 Å². The van der Waals surface area contributed by atoms with Crippen molar-refractivity contribution in [1.82, 2.24) is 29.5 Å². The maximum absolute atomic E-state index is 14.0.